The van der Waals surface area contributed by atoms with Gasteiger partial charge in [-0.3, -0.25) is 14.6 Å². The first-order valence-electron chi connectivity index (χ1n) is 14.4. The van der Waals surface area contributed by atoms with Crippen molar-refractivity contribution in [2.24, 2.45) is 0 Å². The minimum Gasteiger partial charge on any atom is -0.497 e. The van der Waals surface area contributed by atoms with Crippen molar-refractivity contribution in [3.05, 3.63) is 81.7 Å². The summed E-state index contributed by atoms with van der Waals surface area (Å²) in [5.41, 5.74) is 2.64. The molecule has 2 heterocycles. The maximum atomic E-state index is 13.5. The molecule has 0 atom stereocenters. The van der Waals surface area contributed by atoms with E-state index in [4.69, 9.17) is 47.9 Å². The molecule has 2 aliphatic rings. The smallest absolute Gasteiger partial charge is 0.335 e. The molecule has 0 aromatic heterocycles. The first-order chi connectivity index (χ1) is 21.8. The summed E-state index contributed by atoms with van der Waals surface area (Å²) in [5.74, 6) is 0.708. The molecule has 2 aliphatic heterocycles. The number of thiocarbonyl (C=S) groups is 1. The molecule has 236 valence electrons. The first kappa shape index (κ1) is 32.8. The van der Waals surface area contributed by atoms with Gasteiger partial charge in [0, 0.05) is 37.3 Å². The number of carbonyl (C=O) groups excluding carboxylic acids is 1. The van der Waals surface area contributed by atoms with Gasteiger partial charge in [-0.1, -0.05) is 41.6 Å². The third-order valence-electron chi connectivity index (χ3n) is 7.32. The summed E-state index contributed by atoms with van der Waals surface area (Å²) in [7, 11) is 1.59. The zero-order valence-electron chi connectivity index (χ0n) is 24.7. The minimum atomic E-state index is -0.994. The van der Waals surface area contributed by atoms with E-state index >= 15 is 0 Å². The number of benzene rings is 3. The fourth-order valence-electron chi connectivity index (χ4n) is 4.87. The van der Waals surface area contributed by atoms with Crippen molar-refractivity contribution < 1.29 is 33.6 Å². The van der Waals surface area contributed by atoms with Gasteiger partial charge in [0.15, 0.2) is 0 Å². The molecular formula is C33H33ClN2O7S2. The van der Waals surface area contributed by atoms with Crippen LogP contribution >= 0.6 is 35.6 Å². The fraction of sp³-hybridized carbons (Fsp3) is 0.303. The van der Waals surface area contributed by atoms with Crippen LogP contribution in [0.25, 0.3) is 17.2 Å². The van der Waals surface area contributed by atoms with Crippen LogP contribution in [0.5, 0.6) is 17.2 Å². The van der Waals surface area contributed by atoms with Gasteiger partial charge in [-0.25, -0.2) is 4.79 Å². The normalized spacial score (nSPS) is 16.3. The molecule has 2 saturated heterocycles. The standard InChI is InChI=1S/C33H33ClN2O7S2/c1-40-26-8-9-27(28(34)21-26)23-5-10-29(43-18-14-35-12-16-41-17-13-35)24(19-23)20-30-31(37)36(33(44)45-30)11-2-15-42-25-6-3-22(4-7-25)32(38)39/h3-10,19-21H,2,11-18H2,1H3,(H,38,39)/b30-20-. The largest absolute Gasteiger partial charge is 0.497 e. The molecule has 1 N–H and O–H groups in total. The maximum Gasteiger partial charge on any atom is 0.335 e. The Labute approximate surface area is 276 Å². The van der Waals surface area contributed by atoms with E-state index in [1.807, 2.05) is 36.4 Å². The first-order valence-corrected chi connectivity index (χ1v) is 16.0. The van der Waals surface area contributed by atoms with E-state index in [0.717, 1.165) is 49.5 Å². The zero-order chi connectivity index (χ0) is 31.8. The summed E-state index contributed by atoms with van der Waals surface area (Å²) < 4.78 is 23.2. The lowest BCUT2D eigenvalue weighted by Gasteiger charge is -2.26. The maximum absolute atomic E-state index is 13.5. The van der Waals surface area contributed by atoms with Gasteiger partial charge in [-0.15, -0.1) is 0 Å². The number of carbonyl (C=O) groups is 2. The molecule has 0 aliphatic carbocycles. The summed E-state index contributed by atoms with van der Waals surface area (Å²) in [6.07, 6.45) is 2.37. The van der Waals surface area contributed by atoms with Gasteiger partial charge < -0.3 is 24.1 Å². The number of ether oxygens (including phenoxy) is 4. The van der Waals surface area contributed by atoms with E-state index in [-0.39, 0.29) is 11.5 Å². The van der Waals surface area contributed by atoms with Crippen LogP contribution in [-0.4, -0.2) is 90.8 Å². The highest BCUT2D eigenvalue weighted by molar-refractivity contribution is 8.26. The molecule has 2 fully saturated rings. The van der Waals surface area contributed by atoms with E-state index in [9.17, 15) is 9.59 Å². The molecule has 9 nitrogen and oxygen atoms in total. The number of rotatable bonds is 13. The Balaban J connectivity index is 1.29. The Bertz CT molecular complexity index is 1580. The lowest BCUT2D eigenvalue weighted by molar-refractivity contribution is -0.122. The number of halogens is 1. The van der Waals surface area contributed by atoms with Gasteiger partial charge in [0.05, 0.1) is 42.4 Å². The number of amides is 1. The molecule has 1 amide bonds. The second-order valence-corrected chi connectivity index (χ2v) is 12.3. The molecular weight excluding hydrogens is 636 g/mol. The Morgan fingerprint density at radius 1 is 1.02 bits per heavy atom. The molecule has 3 aromatic carbocycles. The van der Waals surface area contributed by atoms with Gasteiger partial charge in [-0.2, -0.15) is 0 Å². The third-order valence-corrected chi connectivity index (χ3v) is 9.01. The summed E-state index contributed by atoms with van der Waals surface area (Å²) in [4.78, 5) is 28.9. The van der Waals surface area contributed by atoms with Gasteiger partial charge in [0.1, 0.15) is 28.2 Å². The second kappa shape index (κ2) is 15.6. The summed E-state index contributed by atoms with van der Waals surface area (Å²) >= 11 is 13.4. The van der Waals surface area contributed by atoms with Crippen molar-refractivity contribution in [2.75, 3.05) is 59.7 Å². The molecule has 0 saturated carbocycles. The monoisotopic (exact) mass is 668 g/mol. The number of hydrogen-bond donors (Lipinski definition) is 1. The SMILES string of the molecule is COc1ccc(-c2ccc(OCCN3CCOCC3)c(/C=C3\SC(=S)N(CCCOc4ccc(C(=O)O)cc4)C3=O)c2)c(Cl)c1. The van der Waals surface area contributed by atoms with Gasteiger partial charge in [0.25, 0.3) is 5.91 Å². The van der Waals surface area contributed by atoms with Crippen molar-refractivity contribution >= 4 is 57.9 Å². The lowest BCUT2D eigenvalue weighted by atomic mass is 10.0. The number of thioether (sulfide) groups is 1. The highest BCUT2D eigenvalue weighted by Gasteiger charge is 2.32. The average Bonchev–Trinajstić information content (AvgIpc) is 3.31. The van der Waals surface area contributed by atoms with Crippen LogP contribution in [0, 0.1) is 0 Å². The van der Waals surface area contributed by atoms with Crippen molar-refractivity contribution in [3.63, 3.8) is 0 Å². The molecule has 3 aromatic rings. The van der Waals surface area contributed by atoms with Gasteiger partial charge >= 0.3 is 5.97 Å². The summed E-state index contributed by atoms with van der Waals surface area (Å²) in [5, 5.41) is 9.60. The van der Waals surface area contributed by atoms with Crippen LogP contribution in [0.15, 0.2) is 65.6 Å². The number of nitrogens with zero attached hydrogens (tertiary/aromatic N) is 2. The van der Waals surface area contributed by atoms with Crippen molar-refractivity contribution in [2.45, 2.75) is 6.42 Å². The van der Waals surface area contributed by atoms with Gasteiger partial charge in [0.2, 0.25) is 0 Å². The van der Waals surface area contributed by atoms with E-state index < -0.39 is 5.97 Å². The number of carboxylic acids is 1. The van der Waals surface area contributed by atoms with E-state index in [2.05, 4.69) is 4.90 Å². The third kappa shape index (κ3) is 8.56. The Hall–Kier alpha value is -3.61. The predicted octanol–water partition coefficient (Wildman–Crippen LogP) is 6.10. The van der Waals surface area contributed by atoms with E-state index in [0.29, 0.717) is 57.7 Å². The number of morpholine rings is 1. The molecule has 5 rings (SSSR count). The Morgan fingerprint density at radius 3 is 2.49 bits per heavy atom. The average molecular weight is 669 g/mol. The van der Waals surface area contributed by atoms with Crippen LogP contribution < -0.4 is 14.2 Å². The van der Waals surface area contributed by atoms with Crippen molar-refractivity contribution in [1.29, 1.82) is 0 Å². The fourth-order valence-corrected chi connectivity index (χ4v) is 6.45. The number of aromatic carboxylic acids is 1. The predicted molar refractivity (Wildman–Crippen MR) is 180 cm³/mol. The van der Waals surface area contributed by atoms with Crippen LogP contribution in [0.2, 0.25) is 5.02 Å². The zero-order valence-corrected chi connectivity index (χ0v) is 27.1. The number of carboxylic acid groups (broad SMARTS) is 1. The van der Waals surface area contributed by atoms with Crippen LogP contribution in [0.3, 0.4) is 0 Å². The number of methoxy groups -OCH3 is 1. The molecule has 45 heavy (non-hydrogen) atoms. The molecule has 0 bridgehead atoms. The summed E-state index contributed by atoms with van der Waals surface area (Å²) in [6, 6.07) is 17.5. The molecule has 0 radical (unpaired) electrons. The highest BCUT2D eigenvalue weighted by Crippen LogP contribution is 2.38. The van der Waals surface area contributed by atoms with Crippen molar-refractivity contribution in [3.8, 4) is 28.4 Å². The highest BCUT2D eigenvalue weighted by atomic mass is 35.5. The summed E-state index contributed by atoms with van der Waals surface area (Å²) in [6.45, 7) is 5.16. The second-order valence-electron chi connectivity index (χ2n) is 10.3. The molecule has 12 heteroatoms. The molecule has 0 spiro atoms. The lowest BCUT2D eigenvalue weighted by Crippen LogP contribution is -2.38. The van der Waals surface area contributed by atoms with E-state index in [1.54, 1.807) is 30.2 Å². The number of hydrogen-bond acceptors (Lipinski definition) is 9. The van der Waals surface area contributed by atoms with E-state index in [1.165, 1.54) is 23.9 Å². The van der Waals surface area contributed by atoms with Crippen LogP contribution in [-0.2, 0) is 9.53 Å². The Kier molecular flexibility index (Phi) is 11.4. The van der Waals surface area contributed by atoms with Gasteiger partial charge in [-0.05, 0) is 72.7 Å². The topological polar surface area (TPSA) is 97.8 Å². The Morgan fingerprint density at radius 2 is 1.78 bits per heavy atom. The minimum absolute atomic E-state index is 0.178. The molecule has 0 unspecified atom stereocenters. The quantitative estimate of drug-likeness (QED) is 0.131. The van der Waals surface area contributed by atoms with Crippen LogP contribution in [0.4, 0.5) is 0 Å². The van der Waals surface area contributed by atoms with Crippen LogP contribution in [0.1, 0.15) is 22.3 Å². The van der Waals surface area contributed by atoms with Crippen molar-refractivity contribution in [1.82, 2.24) is 9.80 Å².